The lowest BCUT2D eigenvalue weighted by Gasteiger charge is -2.06. The molecule has 4 aromatic rings. The third kappa shape index (κ3) is 3.81. The van der Waals surface area contributed by atoms with E-state index >= 15 is 0 Å². The highest BCUT2D eigenvalue weighted by molar-refractivity contribution is 6.05. The highest BCUT2D eigenvalue weighted by atomic mass is 16.1. The van der Waals surface area contributed by atoms with E-state index in [0.717, 1.165) is 41.0 Å². The summed E-state index contributed by atoms with van der Waals surface area (Å²) in [4.78, 5) is 17.3. The molecule has 140 valence electrons. The van der Waals surface area contributed by atoms with E-state index in [1.54, 1.807) is 0 Å². The van der Waals surface area contributed by atoms with Gasteiger partial charge < -0.3 is 9.88 Å². The fourth-order valence-corrected chi connectivity index (χ4v) is 3.44. The van der Waals surface area contributed by atoms with Crippen molar-refractivity contribution in [1.29, 1.82) is 0 Å². The van der Waals surface area contributed by atoms with Crippen LogP contribution in [0.25, 0.3) is 11.0 Å². The topological polar surface area (TPSA) is 46.9 Å². The lowest BCUT2D eigenvalue weighted by molar-refractivity contribution is 0.102. The normalized spacial score (nSPS) is 10.9. The van der Waals surface area contributed by atoms with Crippen LogP contribution in [-0.2, 0) is 19.9 Å². The zero-order valence-corrected chi connectivity index (χ0v) is 16.1. The van der Waals surface area contributed by atoms with Crippen molar-refractivity contribution in [2.45, 2.75) is 19.8 Å². The van der Waals surface area contributed by atoms with Gasteiger partial charge in [-0.1, -0.05) is 48.0 Å². The number of anilines is 1. The van der Waals surface area contributed by atoms with Gasteiger partial charge in [-0.2, -0.15) is 0 Å². The Morgan fingerprint density at radius 1 is 0.964 bits per heavy atom. The maximum Gasteiger partial charge on any atom is 0.255 e. The number of aryl methyl sites for hydroxylation is 4. The smallest absolute Gasteiger partial charge is 0.255 e. The first-order valence-corrected chi connectivity index (χ1v) is 9.47. The maximum absolute atomic E-state index is 12.5. The van der Waals surface area contributed by atoms with Crippen LogP contribution in [0.15, 0.2) is 72.8 Å². The molecule has 28 heavy (non-hydrogen) atoms. The monoisotopic (exact) mass is 369 g/mol. The highest BCUT2D eigenvalue weighted by Crippen LogP contribution is 2.21. The van der Waals surface area contributed by atoms with Crippen molar-refractivity contribution in [2.24, 2.45) is 7.05 Å². The van der Waals surface area contributed by atoms with Crippen LogP contribution in [0.2, 0.25) is 0 Å². The van der Waals surface area contributed by atoms with E-state index in [-0.39, 0.29) is 5.91 Å². The van der Waals surface area contributed by atoms with Crippen LogP contribution >= 0.6 is 0 Å². The van der Waals surface area contributed by atoms with E-state index in [0.29, 0.717) is 5.56 Å². The second-order valence-corrected chi connectivity index (χ2v) is 7.10. The Morgan fingerprint density at radius 3 is 2.57 bits per heavy atom. The van der Waals surface area contributed by atoms with Crippen LogP contribution in [0, 0.1) is 6.92 Å². The summed E-state index contributed by atoms with van der Waals surface area (Å²) in [5, 5.41) is 2.98. The number of nitrogens with one attached hydrogen (secondary N) is 1. The van der Waals surface area contributed by atoms with Crippen molar-refractivity contribution >= 4 is 22.6 Å². The fraction of sp³-hybridized carbons (Fsp3) is 0.167. The number of carbonyl (C=O) groups excluding carboxylic acids is 1. The van der Waals surface area contributed by atoms with E-state index in [4.69, 9.17) is 4.98 Å². The quantitative estimate of drug-likeness (QED) is 0.543. The van der Waals surface area contributed by atoms with Crippen molar-refractivity contribution in [2.75, 3.05) is 5.32 Å². The molecule has 0 saturated carbocycles. The number of hydrogen-bond acceptors (Lipinski definition) is 2. The molecule has 0 aliphatic carbocycles. The Morgan fingerprint density at radius 2 is 1.79 bits per heavy atom. The number of amides is 1. The summed E-state index contributed by atoms with van der Waals surface area (Å²) in [6.07, 6.45) is 1.83. The largest absolute Gasteiger partial charge is 0.331 e. The molecule has 0 unspecified atom stereocenters. The van der Waals surface area contributed by atoms with Crippen molar-refractivity contribution in [3.8, 4) is 0 Å². The van der Waals surface area contributed by atoms with Crippen molar-refractivity contribution in [3.63, 3.8) is 0 Å². The minimum Gasteiger partial charge on any atom is -0.331 e. The van der Waals surface area contributed by atoms with Gasteiger partial charge in [0.15, 0.2) is 0 Å². The first-order chi connectivity index (χ1) is 13.6. The van der Waals surface area contributed by atoms with Gasteiger partial charge in [-0.15, -0.1) is 0 Å². The summed E-state index contributed by atoms with van der Waals surface area (Å²) in [5.41, 5.74) is 5.75. The highest BCUT2D eigenvalue weighted by Gasteiger charge is 2.11. The lowest BCUT2D eigenvalue weighted by Crippen LogP contribution is -2.11. The number of nitrogens with zero attached hydrogens (tertiary/aromatic N) is 2. The van der Waals surface area contributed by atoms with E-state index in [9.17, 15) is 4.79 Å². The number of fused-ring (bicyclic) bond motifs is 1. The minimum atomic E-state index is -0.108. The van der Waals surface area contributed by atoms with Crippen molar-refractivity contribution < 1.29 is 4.79 Å². The zero-order chi connectivity index (χ0) is 19.5. The van der Waals surface area contributed by atoms with Crippen LogP contribution in [0.4, 0.5) is 5.69 Å². The molecule has 0 bridgehead atoms. The molecule has 0 atom stereocenters. The summed E-state index contributed by atoms with van der Waals surface area (Å²) in [6.45, 7) is 1.98. The number of imidazole rings is 1. The Balaban J connectivity index is 1.53. The Hall–Kier alpha value is -3.40. The molecule has 1 amide bonds. The fourth-order valence-electron chi connectivity index (χ4n) is 3.44. The van der Waals surface area contributed by atoms with Gasteiger partial charge in [0.25, 0.3) is 5.91 Å². The average molecular weight is 369 g/mol. The summed E-state index contributed by atoms with van der Waals surface area (Å²) >= 11 is 0. The predicted octanol–water partition coefficient (Wildman–Crippen LogP) is 4.92. The molecule has 1 heterocycles. The van der Waals surface area contributed by atoms with Crippen molar-refractivity contribution in [3.05, 3.63) is 95.3 Å². The third-order valence-corrected chi connectivity index (χ3v) is 4.99. The SMILES string of the molecule is Cc1cccc(C(=O)Nc2ccc3c(c2)nc(CCc2ccccc2)n3C)c1. The van der Waals surface area contributed by atoms with Crippen LogP contribution in [0.3, 0.4) is 0 Å². The van der Waals surface area contributed by atoms with E-state index in [1.807, 2.05) is 62.5 Å². The first kappa shape index (κ1) is 18.0. The summed E-state index contributed by atoms with van der Waals surface area (Å²) in [5.74, 6) is 0.935. The molecular formula is C24H23N3O. The molecule has 0 spiro atoms. The van der Waals surface area contributed by atoms with Crippen LogP contribution in [-0.4, -0.2) is 15.5 Å². The number of carbonyl (C=O) groups is 1. The Bertz CT molecular complexity index is 1130. The third-order valence-electron chi connectivity index (χ3n) is 4.99. The molecule has 1 aromatic heterocycles. The molecule has 4 nitrogen and oxygen atoms in total. The van der Waals surface area contributed by atoms with Crippen LogP contribution < -0.4 is 5.32 Å². The van der Waals surface area contributed by atoms with Crippen molar-refractivity contribution in [1.82, 2.24) is 9.55 Å². The van der Waals surface area contributed by atoms with E-state index < -0.39 is 0 Å². The molecule has 4 heteroatoms. The molecule has 0 aliphatic rings. The molecule has 0 saturated heterocycles. The molecule has 0 fully saturated rings. The molecular weight excluding hydrogens is 346 g/mol. The maximum atomic E-state index is 12.5. The average Bonchev–Trinajstić information content (AvgIpc) is 3.02. The first-order valence-electron chi connectivity index (χ1n) is 9.47. The standard InChI is InChI=1S/C24H23N3O/c1-17-7-6-10-19(15-17)24(28)25-20-12-13-22-21(16-20)26-23(27(22)2)14-11-18-8-4-3-5-9-18/h3-10,12-13,15-16H,11,14H2,1-2H3,(H,25,28). The molecule has 1 N–H and O–H groups in total. The van der Waals surface area contributed by atoms with Crippen LogP contribution in [0.1, 0.15) is 27.3 Å². The molecule has 4 rings (SSSR count). The van der Waals surface area contributed by atoms with Gasteiger partial charge in [-0.3, -0.25) is 4.79 Å². The number of rotatable bonds is 5. The number of aromatic nitrogens is 2. The second-order valence-electron chi connectivity index (χ2n) is 7.10. The minimum absolute atomic E-state index is 0.108. The second kappa shape index (κ2) is 7.69. The Labute approximate surface area is 164 Å². The molecule has 3 aromatic carbocycles. The van der Waals surface area contributed by atoms with Gasteiger partial charge >= 0.3 is 0 Å². The van der Waals surface area contributed by atoms with Gasteiger partial charge in [-0.05, 0) is 49.2 Å². The number of hydrogen-bond donors (Lipinski definition) is 1. The van der Waals surface area contributed by atoms with Gasteiger partial charge in [0.05, 0.1) is 11.0 Å². The van der Waals surface area contributed by atoms with Gasteiger partial charge in [0.1, 0.15) is 5.82 Å². The van der Waals surface area contributed by atoms with E-state index in [2.05, 4.69) is 34.1 Å². The van der Waals surface area contributed by atoms with Gasteiger partial charge in [0, 0.05) is 24.7 Å². The van der Waals surface area contributed by atoms with E-state index in [1.165, 1.54) is 5.56 Å². The summed E-state index contributed by atoms with van der Waals surface area (Å²) in [7, 11) is 2.04. The van der Waals surface area contributed by atoms with Gasteiger partial charge in [0.2, 0.25) is 0 Å². The zero-order valence-electron chi connectivity index (χ0n) is 16.1. The predicted molar refractivity (Wildman–Crippen MR) is 114 cm³/mol. The Kier molecular flexibility index (Phi) is 4.94. The summed E-state index contributed by atoms with van der Waals surface area (Å²) < 4.78 is 2.13. The van der Waals surface area contributed by atoms with Gasteiger partial charge in [-0.25, -0.2) is 4.98 Å². The van der Waals surface area contributed by atoms with Crippen LogP contribution in [0.5, 0.6) is 0 Å². The summed E-state index contributed by atoms with van der Waals surface area (Å²) in [6, 6.07) is 23.9. The lowest BCUT2D eigenvalue weighted by atomic mass is 10.1. The molecule has 0 radical (unpaired) electrons. The number of benzene rings is 3. The molecule has 0 aliphatic heterocycles.